The van der Waals surface area contributed by atoms with Gasteiger partial charge in [0.2, 0.25) is 0 Å². The van der Waals surface area contributed by atoms with Crippen molar-refractivity contribution in [3.63, 3.8) is 0 Å². The van der Waals surface area contributed by atoms with Gasteiger partial charge in [0, 0.05) is 0 Å². The van der Waals surface area contributed by atoms with Crippen LogP contribution >= 0.6 is 0 Å². The maximum atomic E-state index is 10.4. The van der Waals surface area contributed by atoms with Crippen LogP contribution in [0.4, 0.5) is 0 Å². The average molecular weight is 190 g/mol. The first kappa shape index (κ1) is 11.9. The van der Waals surface area contributed by atoms with E-state index in [9.17, 15) is 9.59 Å². The van der Waals surface area contributed by atoms with Crippen molar-refractivity contribution in [1.82, 2.24) is 0 Å². The standard InChI is InChI=1S/C8H14O5/c1-2-3-4-6(9)5-13-8(12)7(10)11/h6,9H,2-5H2,1H3,(H,10,11). The summed E-state index contributed by atoms with van der Waals surface area (Å²) < 4.78 is 4.27. The van der Waals surface area contributed by atoms with Crippen molar-refractivity contribution in [1.29, 1.82) is 0 Å². The summed E-state index contributed by atoms with van der Waals surface area (Å²) in [7, 11) is 0. The number of unbranched alkanes of at least 4 members (excludes halogenated alkanes) is 1. The van der Waals surface area contributed by atoms with Crippen molar-refractivity contribution in [2.75, 3.05) is 6.61 Å². The third-order valence-corrected chi connectivity index (χ3v) is 1.47. The largest absolute Gasteiger partial charge is 0.473 e. The van der Waals surface area contributed by atoms with Crippen molar-refractivity contribution >= 4 is 11.9 Å². The van der Waals surface area contributed by atoms with Crippen molar-refractivity contribution in [2.45, 2.75) is 32.3 Å². The molecule has 0 aromatic carbocycles. The van der Waals surface area contributed by atoms with Gasteiger partial charge in [-0.2, -0.15) is 0 Å². The zero-order valence-corrected chi connectivity index (χ0v) is 7.52. The van der Waals surface area contributed by atoms with Crippen LogP contribution in [0, 0.1) is 0 Å². The maximum Gasteiger partial charge on any atom is 0.417 e. The fourth-order valence-corrected chi connectivity index (χ4v) is 0.757. The Morgan fingerprint density at radius 2 is 2.08 bits per heavy atom. The molecule has 0 radical (unpaired) electrons. The van der Waals surface area contributed by atoms with Crippen LogP contribution in [0.15, 0.2) is 0 Å². The minimum atomic E-state index is -1.64. The lowest BCUT2D eigenvalue weighted by Crippen LogP contribution is -2.23. The second-order valence-corrected chi connectivity index (χ2v) is 2.70. The molecule has 13 heavy (non-hydrogen) atoms. The Morgan fingerprint density at radius 1 is 1.46 bits per heavy atom. The summed E-state index contributed by atoms with van der Waals surface area (Å²) in [6, 6.07) is 0. The highest BCUT2D eigenvalue weighted by Gasteiger charge is 2.14. The predicted octanol–water partition coefficient (Wildman–Crippen LogP) is 0.165. The van der Waals surface area contributed by atoms with E-state index in [4.69, 9.17) is 10.2 Å². The number of esters is 1. The molecular formula is C8H14O5. The van der Waals surface area contributed by atoms with Gasteiger partial charge in [-0.25, -0.2) is 9.59 Å². The summed E-state index contributed by atoms with van der Waals surface area (Å²) in [4.78, 5) is 20.4. The summed E-state index contributed by atoms with van der Waals surface area (Å²) >= 11 is 0. The number of aliphatic hydroxyl groups is 1. The molecule has 76 valence electrons. The van der Waals surface area contributed by atoms with Gasteiger partial charge in [-0.05, 0) is 6.42 Å². The van der Waals surface area contributed by atoms with E-state index in [0.29, 0.717) is 6.42 Å². The van der Waals surface area contributed by atoms with Gasteiger partial charge in [-0.3, -0.25) is 0 Å². The summed E-state index contributed by atoms with van der Waals surface area (Å²) in [5.41, 5.74) is 0. The summed E-state index contributed by atoms with van der Waals surface area (Å²) in [6.45, 7) is 1.72. The molecular weight excluding hydrogens is 176 g/mol. The summed E-state index contributed by atoms with van der Waals surface area (Å²) in [5.74, 6) is -2.96. The third kappa shape index (κ3) is 6.10. The van der Waals surface area contributed by atoms with Gasteiger partial charge in [0.25, 0.3) is 0 Å². The lowest BCUT2D eigenvalue weighted by Gasteiger charge is -2.08. The van der Waals surface area contributed by atoms with Crippen LogP contribution in [0.1, 0.15) is 26.2 Å². The third-order valence-electron chi connectivity index (χ3n) is 1.47. The Labute approximate surface area is 76.3 Å². The number of carboxylic acids is 1. The molecule has 5 nitrogen and oxygen atoms in total. The van der Waals surface area contributed by atoms with Crippen LogP contribution in [0.5, 0.6) is 0 Å². The second kappa shape index (κ2) is 6.42. The molecule has 5 heteroatoms. The van der Waals surface area contributed by atoms with Gasteiger partial charge in [0.1, 0.15) is 6.61 Å². The lowest BCUT2D eigenvalue weighted by atomic mass is 10.2. The van der Waals surface area contributed by atoms with Crippen LogP contribution in [-0.4, -0.2) is 34.9 Å². The van der Waals surface area contributed by atoms with Gasteiger partial charge in [-0.15, -0.1) is 0 Å². The van der Waals surface area contributed by atoms with E-state index in [1.54, 1.807) is 0 Å². The number of aliphatic hydroxyl groups excluding tert-OH is 1. The average Bonchev–Trinajstić information content (AvgIpc) is 2.10. The van der Waals surface area contributed by atoms with E-state index in [0.717, 1.165) is 12.8 Å². The molecule has 1 unspecified atom stereocenters. The van der Waals surface area contributed by atoms with Crippen LogP contribution in [-0.2, 0) is 14.3 Å². The molecule has 0 heterocycles. The Morgan fingerprint density at radius 3 is 2.54 bits per heavy atom. The number of aliphatic carboxylic acids is 1. The van der Waals surface area contributed by atoms with Gasteiger partial charge in [-0.1, -0.05) is 19.8 Å². The van der Waals surface area contributed by atoms with E-state index < -0.39 is 18.0 Å². The van der Waals surface area contributed by atoms with Crippen molar-refractivity contribution < 1.29 is 24.5 Å². The SMILES string of the molecule is CCCCC(O)COC(=O)C(=O)O. The van der Waals surface area contributed by atoms with E-state index in [1.807, 2.05) is 6.92 Å². The number of carboxylic acid groups (broad SMARTS) is 1. The maximum absolute atomic E-state index is 10.4. The molecule has 0 aliphatic carbocycles. The highest BCUT2D eigenvalue weighted by atomic mass is 16.6. The smallest absolute Gasteiger partial charge is 0.417 e. The number of hydrogen-bond donors (Lipinski definition) is 2. The van der Waals surface area contributed by atoms with Gasteiger partial charge < -0.3 is 14.9 Å². The number of rotatable bonds is 5. The van der Waals surface area contributed by atoms with Crippen molar-refractivity contribution in [2.24, 2.45) is 0 Å². The fourth-order valence-electron chi connectivity index (χ4n) is 0.757. The molecule has 0 aromatic heterocycles. The van der Waals surface area contributed by atoms with E-state index in [1.165, 1.54) is 0 Å². The number of hydrogen-bond acceptors (Lipinski definition) is 4. The molecule has 0 saturated carbocycles. The zero-order chi connectivity index (χ0) is 10.3. The second-order valence-electron chi connectivity index (χ2n) is 2.70. The molecule has 0 aliphatic rings. The molecule has 2 N–H and O–H groups in total. The van der Waals surface area contributed by atoms with Crippen LogP contribution < -0.4 is 0 Å². The van der Waals surface area contributed by atoms with Crippen LogP contribution in [0.2, 0.25) is 0 Å². The fraction of sp³-hybridized carbons (Fsp3) is 0.750. The normalized spacial score (nSPS) is 12.2. The molecule has 1 atom stereocenters. The van der Waals surface area contributed by atoms with Gasteiger partial charge in [0.05, 0.1) is 6.10 Å². The first-order chi connectivity index (χ1) is 6.07. The van der Waals surface area contributed by atoms with Crippen LogP contribution in [0.25, 0.3) is 0 Å². The Bertz CT molecular complexity index is 177. The predicted molar refractivity (Wildman–Crippen MR) is 44.1 cm³/mol. The highest BCUT2D eigenvalue weighted by molar-refractivity contribution is 6.28. The summed E-state index contributed by atoms with van der Waals surface area (Å²) in [6.07, 6.45) is 1.52. The minimum Gasteiger partial charge on any atom is -0.473 e. The van der Waals surface area contributed by atoms with Crippen LogP contribution in [0.3, 0.4) is 0 Å². The molecule has 0 bridgehead atoms. The van der Waals surface area contributed by atoms with E-state index in [-0.39, 0.29) is 6.61 Å². The highest BCUT2D eigenvalue weighted by Crippen LogP contribution is 2.00. The number of ether oxygens (including phenoxy) is 1. The zero-order valence-electron chi connectivity index (χ0n) is 7.52. The molecule has 0 rings (SSSR count). The quantitative estimate of drug-likeness (QED) is 0.476. The molecule has 0 spiro atoms. The Kier molecular flexibility index (Phi) is 5.88. The summed E-state index contributed by atoms with van der Waals surface area (Å²) in [5, 5.41) is 17.3. The van der Waals surface area contributed by atoms with E-state index >= 15 is 0 Å². The van der Waals surface area contributed by atoms with Gasteiger partial charge in [0.15, 0.2) is 0 Å². The van der Waals surface area contributed by atoms with Crippen molar-refractivity contribution in [3.05, 3.63) is 0 Å². The molecule has 0 saturated heterocycles. The lowest BCUT2D eigenvalue weighted by molar-refractivity contribution is -0.165. The first-order valence-electron chi connectivity index (χ1n) is 4.16. The monoisotopic (exact) mass is 190 g/mol. The Balaban J connectivity index is 3.51. The number of carbonyl (C=O) groups is 2. The molecule has 0 aromatic rings. The Hall–Kier alpha value is -1.10. The van der Waals surface area contributed by atoms with Gasteiger partial charge >= 0.3 is 11.9 Å². The minimum absolute atomic E-state index is 0.245. The number of carbonyl (C=O) groups excluding carboxylic acids is 1. The molecule has 0 fully saturated rings. The van der Waals surface area contributed by atoms with E-state index in [2.05, 4.69) is 4.74 Å². The molecule has 0 amide bonds. The first-order valence-corrected chi connectivity index (χ1v) is 4.16. The molecule has 0 aliphatic heterocycles. The van der Waals surface area contributed by atoms with Crippen molar-refractivity contribution in [3.8, 4) is 0 Å². The topological polar surface area (TPSA) is 83.8 Å².